The van der Waals surface area contributed by atoms with E-state index in [1.54, 1.807) is 5.01 Å². The Morgan fingerprint density at radius 2 is 2.16 bits per heavy atom. The Balaban J connectivity index is 1.88. The van der Waals surface area contributed by atoms with Crippen molar-refractivity contribution in [2.45, 2.75) is 25.7 Å². The number of hydrogen-bond acceptors (Lipinski definition) is 5. The second kappa shape index (κ2) is 10.1. The molecule has 6 nitrogen and oxygen atoms in total. The van der Waals surface area contributed by atoms with E-state index in [9.17, 15) is 4.79 Å². The van der Waals surface area contributed by atoms with Gasteiger partial charge in [0, 0.05) is 31.0 Å². The summed E-state index contributed by atoms with van der Waals surface area (Å²) in [6.07, 6.45) is 6.48. The van der Waals surface area contributed by atoms with Gasteiger partial charge in [-0.2, -0.15) is 10.4 Å². The molecule has 1 aliphatic heterocycles. The van der Waals surface area contributed by atoms with Crippen molar-refractivity contribution in [2.24, 2.45) is 10.1 Å². The van der Waals surface area contributed by atoms with Crippen molar-refractivity contribution in [1.82, 2.24) is 10.3 Å². The summed E-state index contributed by atoms with van der Waals surface area (Å²) in [6.45, 7) is 1.19. The predicted octanol–water partition coefficient (Wildman–Crippen LogP) is 3.24. The standard InChI is InChI=1S/C17H20ClN5OS/c1-25-17(21-12-19)20-10-2-3-11-23-16(24)9-8-15(22-23)13-4-6-14(18)7-5-13/h4-7H,2-3,8-11H2,1H3,(H,20,21). The van der Waals surface area contributed by atoms with E-state index in [0.29, 0.717) is 36.1 Å². The van der Waals surface area contributed by atoms with E-state index in [2.05, 4.69) is 15.4 Å². The molecule has 0 fully saturated rings. The lowest BCUT2D eigenvalue weighted by Crippen LogP contribution is -2.32. The van der Waals surface area contributed by atoms with Crippen LogP contribution in [0.15, 0.2) is 34.4 Å². The molecule has 1 heterocycles. The number of halogens is 1. The van der Waals surface area contributed by atoms with Crippen LogP contribution in [0.1, 0.15) is 31.2 Å². The number of nitrogens with one attached hydrogen (secondary N) is 1. The van der Waals surface area contributed by atoms with Crippen molar-refractivity contribution in [3.63, 3.8) is 0 Å². The number of carbonyl (C=O) groups excluding carboxylic acids is 1. The van der Waals surface area contributed by atoms with Crippen LogP contribution >= 0.6 is 23.4 Å². The van der Waals surface area contributed by atoms with Gasteiger partial charge in [0.25, 0.3) is 0 Å². The second-order valence-corrected chi connectivity index (χ2v) is 6.64. The molecule has 8 heteroatoms. The average Bonchev–Trinajstić information content (AvgIpc) is 2.62. The molecule has 25 heavy (non-hydrogen) atoms. The van der Waals surface area contributed by atoms with E-state index < -0.39 is 0 Å². The minimum absolute atomic E-state index is 0.0529. The Kier molecular flexibility index (Phi) is 7.76. The summed E-state index contributed by atoms with van der Waals surface area (Å²) in [5.41, 5.74) is 1.91. The molecule has 1 aliphatic rings. The molecule has 0 aliphatic carbocycles. The van der Waals surface area contributed by atoms with Crippen molar-refractivity contribution >= 4 is 40.1 Å². The molecule has 0 aromatic heterocycles. The normalized spacial score (nSPS) is 14.9. The quantitative estimate of drug-likeness (QED) is 0.271. The van der Waals surface area contributed by atoms with E-state index in [4.69, 9.17) is 16.9 Å². The number of amidine groups is 1. The lowest BCUT2D eigenvalue weighted by atomic mass is 10.0. The number of aliphatic imine (C=N–C) groups is 1. The van der Waals surface area contributed by atoms with Gasteiger partial charge in [0.05, 0.1) is 5.71 Å². The first-order valence-corrected chi connectivity index (χ1v) is 9.61. The first-order valence-electron chi connectivity index (χ1n) is 8.01. The maximum absolute atomic E-state index is 12.0. The maximum Gasteiger partial charge on any atom is 0.243 e. The van der Waals surface area contributed by atoms with Crippen molar-refractivity contribution in [2.75, 3.05) is 19.3 Å². The van der Waals surface area contributed by atoms with Crippen LogP contribution in [0.3, 0.4) is 0 Å². The summed E-state index contributed by atoms with van der Waals surface area (Å²) < 4.78 is 0. The molecule has 2 rings (SSSR count). The fraction of sp³-hybridized carbons (Fsp3) is 0.412. The minimum Gasteiger partial charge on any atom is -0.273 e. The van der Waals surface area contributed by atoms with Crippen LogP contribution in [0, 0.1) is 11.5 Å². The number of nitrogens with zero attached hydrogens (tertiary/aromatic N) is 4. The van der Waals surface area contributed by atoms with Crippen molar-refractivity contribution < 1.29 is 4.79 Å². The molecule has 132 valence electrons. The molecule has 1 N–H and O–H groups in total. The number of hydrogen-bond donors (Lipinski definition) is 1. The van der Waals surface area contributed by atoms with Gasteiger partial charge in [0.1, 0.15) is 0 Å². The summed E-state index contributed by atoms with van der Waals surface area (Å²) in [4.78, 5) is 16.3. The van der Waals surface area contributed by atoms with Crippen LogP contribution in [0.4, 0.5) is 0 Å². The molecule has 1 amide bonds. The van der Waals surface area contributed by atoms with Gasteiger partial charge in [-0.3, -0.25) is 15.1 Å². The van der Waals surface area contributed by atoms with Crippen LogP contribution in [-0.2, 0) is 4.79 Å². The molecule has 0 spiro atoms. The average molecular weight is 378 g/mol. The van der Waals surface area contributed by atoms with E-state index in [1.165, 1.54) is 11.8 Å². The molecule has 0 radical (unpaired) electrons. The summed E-state index contributed by atoms with van der Waals surface area (Å²) in [6, 6.07) is 7.51. The highest BCUT2D eigenvalue weighted by Crippen LogP contribution is 2.17. The molecule has 0 unspecified atom stereocenters. The third kappa shape index (κ3) is 6.07. The number of hydrazone groups is 1. The Labute approximate surface area is 156 Å². The fourth-order valence-electron chi connectivity index (χ4n) is 2.38. The molecule has 0 saturated carbocycles. The van der Waals surface area contributed by atoms with Crippen LogP contribution in [0.25, 0.3) is 0 Å². The zero-order chi connectivity index (χ0) is 18.1. The van der Waals surface area contributed by atoms with Gasteiger partial charge in [-0.15, -0.1) is 0 Å². The van der Waals surface area contributed by atoms with Gasteiger partial charge in [0.15, 0.2) is 11.4 Å². The van der Waals surface area contributed by atoms with Crippen LogP contribution in [-0.4, -0.2) is 41.1 Å². The summed E-state index contributed by atoms with van der Waals surface area (Å²) in [7, 11) is 0. The predicted molar refractivity (Wildman–Crippen MR) is 103 cm³/mol. The largest absolute Gasteiger partial charge is 0.273 e. The number of nitriles is 1. The smallest absolute Gasteiger partial charge is 0.243 e. The number of thioether (sulfide) groups is 1. The van der Waals surface area contributed by atoms with E-state index >= 15 is 0 Å². The second-order valence-electron chi connectivity index (χ2n) is 5.41. The van der Waals surface area contributed by atoms with Gasteiger partial charge < -0.3 is 0 Å². The first-order chi connectivity index (χ1) is 12.1. The highest BCUT2D eigenvalue weighted by molar-refractivity contribution is 8.13. The SMILES string of the molecule is CSC(=NCCCCN1N=C(c2ccc(Cl)cc2)CCC1=O)NC#N. The van der Waals surface area contributed by atoms with Gasteiger partial charge >= 0.3 is 0 Å². The lowest BCUT2D eigenvalue weighted by Gasteiger charge is -2.23. The Hall–Kier alpha value is -2.04. The monoisotopic (exact) mass is 377 g/mol. The van der Waals surface area contributed by atoms with Gasteiger partial charge in [-0.1, -0.05) is 35.5 Å². The molecular weight excluding hydrogens is 358 g/mol. The highest BCUT2D eigenvalue weighted by atomic mass is 35.5. The summed E-state index contributed by atoms with van der Waals surface area (Å²) >= 11 is 7.31. The number of benzene rings is 1. The van der Waals surface area contributed by atoms with Crippen LogP contribution in [0.5, 0.6) is 0 Å². The molecule has 0 saturated heterocycles. The van der Waals surface area contributed by atoms with E-state index in [-0.39, 0.29) is 5.91 Å². The highest BCUT2D eigenvalue weighted by Gasteiger charge is 2.20. The van der Waals surface area contributed by atoms with Crippen molar-refractivity contribution in [3.05, 3.63) is 34.9 Å². The molecular formula is C17H20ClN5OS. The minimum atomic E-state index is 0.0529. The fourth-order valence-corrected chi connectivity index (χ4v) is 2.88. The zero-order valence-corrected chi connectivity index (χ0v) is 15.6. The van der Waals surface area contributed by atoms with Crippen LogP contribution in [0.2, 0.25) is 5.02 Å². The Bertz CT molecular complexity index is 696. The molecule has 1 aromatic carbocycles. The number of unbranched alkanes of at least 4 members (excludes halogenated alkanes) is 1. The first kappa shape index (κ1) is 19.3. The summed E-state index contributed by atoms with van der Waals surface area (Å²) in [5, 5.41) is 18.5. The number of rotatable bonds is 6. The molecule has 1 aromatic rings. The lowest BCUT2D eigenvalue weighted by molar-refractivity contribution is -0.131. The van der Waals surface area contributed by atoms with E-state index in [0.717, 1.165) is 24.1 Å². The topological polar surface area (TPSA) is 80.8 Å². The van der Waals surface area contributed by atoms with Gasteiger partial charge in [0.2, 0.25) is 5.91 Å². The van der Waals surface area contributed by atoms with Crippen LogP contribution < -0.4 is 5.32 Å². The zero-order valence-electron chi connectivity index (χ0n) is 14.0. The number of amides is 1. The maximum atomic E-state index is 12.0. The van der Waals surface area contributed by atoms with Gasteiger partial charge in [-0.05, 0) is 36.8 Å². The Morgan fingerprint density at radius 1 is 1.40 bits per heavy atom. The third-order valence-electron chi connectivity index (χ3n) is 3.67. The Morgan fingerprint density at radius 3 is 2.84 bits per heavy atom. The molecule has 0 atom stereocenters. The van der Waals surface area contributed by atoms with Crippen molar-refractivity contribution in [3.8, 4) is 6.19 Å². The van der Waals surface area contributed by atoms with Crippen molar-refractivity contribution in [1.29, 1.82) is 5.26 Å². The molecule has 0 bridgehead atoms. The van der Waals surface area contributed by atoms with E-state index in [1.807, 2.05) is 36.7 Å². The van der Waals surface area contributed by atoms with Gasteiger partial charge in [-0.25, -0.2) is 5.01 Å². The third-order valence-corrected chi connectivity index (χ3v) is 4.54. The number of carbonyl (C=O) groups is 1. The summed E-state index contributed by atoms with van der Waals surface area (Å²) in [5.74, 6) is 0.0529.